The van der Waals surface area contributed by atoms with Gasteiger partial charge in [0.15, 0.2) is 5.82 Å². The molecule has 6 heteroatoms. The van der Waals surface area contributed by atoms with Crippen LogP contribution in [0.3, 0.4) is 0 Å². The number of rotatable bonds is 6. The van der Waals surface area contributed by atoms with Crippen molar-refractivity contribution in [3.8, 4) is 5.75 Å². The Labute approximate surface area is 131 Å². The van der Waals surface area contributed by atoms with Crippen molar-refractivity contribution in [3.05, 3.63) is 41.5 Å². The third kappa shape index (κ3) is 5.57. The van der Waals surface area contributed by atoms with Crippen molar-refractivity contribution < 1.29 is 9.26 Å². The summed E-state index contributed by atoms with van der Waals surface area (Å²) in [6.07, 6.45) is 3.70. The molecule has 1 aromatic carbocycles. The predicted molar refractivity (Wildman–Crippen MR) is 85.7 cm³/mol. The summed E-state index contributed by atoms with van der Waals surface area (Å²) in [6, 6.07) is 7.87. The van der Waals surface area contributed by atoms with Gasteiger partial charge in [-0.25, -0.2) is 0 Å². The Balaban J connectivity index is 0.00000220. The van der Waals surface area contributed by atoms with Crippen molar-refractivity contribution in [3.63, 3.8) is 0 Å². The highest BCUT2D eigenvalue weighted by molar-refractivity contribution is 5.85. The number of aryl methyl sites for hydroxylation is 1. The zero-order chi connectivity index (χ0) is 14.4. The molecule has 2 rings (SSSR count). The Hall–Kier alpha value is -1.85. The average molecular weight is 310 g/mol. The van der Waals surface area contributed by atoms with Crippen molar-refractivity contribution in [1.82, 2.24) is 15.0 Å². The largest absolute Gasteiger partial charge is 0.492 e. The lowest BCUT2D eigenvalue weighted by molar-refractivity contribution is 0.261. The highest BCUT2D eigenvalue weighted by Crippen LogP contribution is 2.20. The van der Waals surface area contributed by atoms with Crippen LogP contribution in [0.15, 0.2) is 28.8 Å². The summed E-state index contributed by atoms with van der Waals surface area (Å²) < 4.78 is 10.8. The van der Waals surface area contributed by atoms with Crippen LogP contribution in [0.25, 0.3) is 12.2 Å². The van der Waals surface area contributed by atoms with Crippen LogP contribution in [0.1, 0.15) is 17.3 Å². The van der Waals surface area contributed by atoms with Crippen LogP contribution in [0, 0.1) is 6.92 Å². The molecular formula is C15H20ClN3O2. The van der Waals surface area contributed by atoms with E-state index in [-0.39, 0.29) is 12.4 Å². The molecule has 0 amide bonds. The fraction of sp³-hybridized carbons (Fsp3) is 0.333. The molecule has 0 aliphatic rings. The molecule has 0 unspecified atom stereocenters. The SMILES string of the molecule is Cc1noc(C=Cc2ccccc2OCCN(C)C)n1.Cl. The maximum absolute atomic E-state index is 5.78. The number of aromatic nitrogens is 2. The second kappa shape index (κ2) is 8.44. The molecule has 0 spiro atoms. The van der Waals surface area contributed by atoms with Gasteiger partial charge in [0.1, 0.15) is 12.4 Å². The summed E-state index contributed by atoms with van der Waals surface area (Å²) in [4.78, 5) is 6.21. The van der Waals surface area contributed by atoms with Gasteiger partial charge in [-0.2, -0.15) is 4.98 Å². The maximum Gasteiger partial charge on any atom is 0.250 e. The summed E-state index contributed by atoms with van der Waals surface area (Å²) in [7, 11) is 4.04. The molecule has 0 bridgehead atoms. The Bertz CT molecular complexity index is 582. The highest BCUT2D eigenvalue weighted by Gasteiger charge is 2.02. The number of benzene rings is 1. The monoisotopic (exact) mass is 309 g/mol. The summed E-state index contributed by atoms with van der Waals surface area (Å²) >= 11 is 0. The minimum absolute atomic E-state index is 0. The van der Waals surface area contributed by atoms with Gasteiger partial charge in [0, 0.05) is 18.2 Å². The van der Waals surface area contributed by atoms with Gasteiger partial charge in [-0.3, -0.25) is 0 Å². The van der Waals surface area contributed by atoms with Crippen molar-refractivity contribution in [2.75, 3.05) is 27.2 Å². The van der Waals surface area contributed by atoms with E-state index in [0.29, 0.717) is 18.3 Å². The fourth-order valence-electron chi connectivity index (χ4n) is 1.63. The number of halogens is 1. The molecule has 0 aliphatic heterocycles. The normalized spacial score (nSPS) is 10.9. The minimum atomic E-state index is 0. The Morgan fingerprint density at radius 1 is 1.24 bits per heavy atom. The summed E-state index contributed by atoms with van der Waals surface area (Å²) in [6.45, 7) is 3.32. The van der Waals surface area contributed by atoms with E-state index in [1.165, 1.54) is 0 Å². The minimum Gasteiger partial charge on any atom is -0.492 e. The Morgan fingerprint density at radius 2 is 2.00 bits per heavy atom. The first kappa shape index (κ1) is 17.2. The molecule has 0 aliphatic carbocycles. The second-order valence-electron chi connectivity index (χ2n) is 4.70. The van der Waals surface area contributed by atoms with Crippen LogP contribution in [0.4, 0.5) is 0 Å². The summed E-state index contributed by atoms with van der Waals surface area (Å²) in [5.41, 5.74) is 0.988. The summed E-state index contributed by atoms with van der Waals surface area (Å²) in [5, 5.41) is 3.75. The number of likely N-dealkylation sites (N-methyl/N-ethyl adjacent to an activating group) is 1. The van der Waals surface area contributed by atoms with Crippen molar-refractivity contribution in [1.29, 1.82) is 0 Å². The first-order valence-corrected chi connectivity index (χ1v) is 6.50. The number of para-hydroxylation sites is 1. The first-order chi connectivity index (χ1) is 9.65. The number of nitrogens with zero attached hydrogens (tertiary/aromatic N) is 3. The summed E-state index contributed by atoms with van der Waals surface area (Å²) in [5.74, 6) is 1.97. The zero-order valence-electron chi connectivity index (χ0n) is 12.4. The molecule has 0 radical (unpaired) electrons. The van der Waals surface area contributed by atoms with E-state index in [1.54, 1.807) is 13.0 Å². The maximum atomic E-state index is 5.78. The Morgan fingerprint density at radius 3 is 2.67 bits per heavy atom. The quantitative estimate of drug-likeness (QED) is 0.821. The fourth-order valence-corrected chi connectivity index (χ4v) is 1.63. The molecule has 0 fully saturated rings. The highest BCUT2D eigenvalue weighted by atomic mass is 35.5. The average Bonchev–Trinajstić information content (AvgIpc) is 2.83. The molecule has 0 saturated heterocycles. The van der Waals surface area contributed by atoms with Crippen LogP contribution in [-0.2, 0) is 0 Å². The van der Waals surface area contributed by atoms with Gasteiger partial charge in [0.2, 0.25) is 0 Å². The molecule has 0 N–H and O–H groups in total. The third-order valence-electron chi connectivity index (χ3n) is 2.66. The lowest BCUT2D eigenvalue weighted by Crippen LogP contribution is -2.19. The standard InChI is InChI=1S/C15H19N3O2.ClH/c1-12-16-15(20-17-12)9-8-13-6-4-5-7-14(13)19-11-10-18(2)3;/h4-9H,10-11H2,1-3H3;1H. The zero-order valence-corrected chi connectivity index (χ0v) is 13.3. The van der Waals surface area contributed by atoms with Gasteiger partial charge >= 0.3 is 0 Å². The second-order valence-corrected chi connectivity index (χ2v) is 4.70. The van der Waals surface area contributed by atoms with Crippen LogP contribution < -0.4 is 4.74 Å². The van der Waals surface area contributed by atoms with Crippen molar-refractivity contribution >= 4 is 24.6 Å². The molecular weight excluding hydrogens is 290 g/mol. The molecule has 0 atom stereocenters. The van der Waals surface area contributed by atoms with Gasteiger partial charge < -0.3 is 14.2 Å². The topological polar surface area (TPSA) is 51.4 Å². The van der Waals surface area contributed by atoms with Crippen LogP contribution in [0.5, 0.6) is 5.75 Å². The smallest absolute Gasteiger partial charge is 0.250 e. The van der Waals surface area contributed by atoms with Gasteiger partial charge in [0.05, 0.1) is 0 Å². The molecule has 1 aromatic heterocycles. The number of hydrogen-bond donors (Lipinski definition) is 0. The van der Waals surface area contributed by atoms with E-state index in [4.69, 9.17) is 9.26 Å². The Kier molecular flexibility index (Phi) is 6.91. The van der Waals surface area contributed by atoms with E-state index in [0.717, 1.165) is 17.9 Å². The third-order valence-corrected chi connectivity index (χ3v) is 2.66. The van der Waals surface area contributed by atoms with E-state index >= 15 is 0 Å². The van der Waals surface area contributed by atoms with Gasteiger partial charge in [-0.05, 0) is 33.2 Å². The van der Waals surface area contributed by atoms with Gasteiger partial charge in [-0.15, -0.1) is 12.4 Å². The number of ether oxygens (including phenoxy) is 1. The first-order valence-electron chi connectivity index (χ1n) is 6.50. The van der Waals surface area contributed by atoms with Crippen LogP contribution >= 0.6 is 12.4 Å². The van der Waals surface area contributed by atoms with E-state index in [2.05, 4.69) is 15.0 Å². The van der Waals surface area contributed by atoms with Gasteiger partial charge in [0.25, 0.3) is 5.89 Å². The molecule has 114 valence electrons. The molecule has 1 heterocycles. The van der Waals surface area contributed by atoms with E-state index in [1.807, 2.05) is 44.4 Å². The van der Waals surface area contributed by atoms with Crippen molar-refractivity contribution in [2.24, 2.45) is 0 Å². The lowest BCUT2D eigenvalue weighted by atomic mass is 10.2. The van der Waals surface area contributed by atoms with E-state index in [9.17, 15) is 0 Å². The number of hydrogen-bond acceptors (Lipinski definition) is 5. The molecule has 21 heavy (non-hydrogen) atoms. The molecule has 0 saturated carbocycles. The predicted octanol–water partition coefficient (Wildman–Crippen LogP) is 2.91. The van der Waals surface area contributed by atoms with Crippen LogP contribution in [-0.4, -0.2) is 42.3 Å². The molecule has 5 nitrogen and oxygen atoms in total. The van der Waals surface area contributed by atoms with Crippen molar-refractivity contribution in [2.45, 2.75) is 6.92 Å². The lowest BCUT2D eigenvalue weighted by Gasteiger charge is -2.12. The van der Waals surface area contributed by atoms with E-state index < -0.39 is 0 Å². The van der Waals surface area contributed by atoms with Crippen LogP contribution in [0.2, 0.25) is 0 Å². The van der Waals surface area contributed by atoms with Gasteiger partial charge in [-0.1, -0.05) is 23.4 Å². The molecule has 2 aromatic rings.